The number of nitrogens with one attached hydrogen (secondary N) is 2. The number of ether oxygens (including phenoxy) is 3. The summed E-state index contributed by atoms with van der Waals surface area (Å²) in [5.41, 5.74) is 7.95. The molecule has 0 atom stereocenters. The Balaban J connectivity index is 0.969. The molecule has 0 aliphatic heterocycles. The van der Waals surface area contributed by atoms with Crippen molar-refractivity contribution >= 4 is 23.7 Å². The predicted molar refractivity (Wildman–Crippen MR) is 175 cm³/mol. The number of benzene rings is 3. The van der Waals surface area contributed by atoms with Crippen molar-refractivity contribution in [3.05, 3.63) is 82.9 Å². The van der Waals surface area contributed by atoms with Crippen molar-refractivity contribution in [3.63, 3.8) is 0 Å². The topological polar surface area (TPSA) is 98.3 Å². The Hall–Kier alpha value is -4.33. The fraction of sp³-hybridized carbons (Fsp3) is 0.432. The van der Waals surface area contributed by atoms with Gasteiger partial charge in [-0.2, -0.15) is 5.10 Å². The van der Waals surface area contributed by atoms with Crippen molar-refractivity contribution in [1.29, 1.82) is 0 Å². The van der Waals surface area contributed by atoms with Gasteiger partial charge in [-0.25, -0.2) is 5.43 Å². The van der Waals surface area contributed by atoms with E-state index in [-0.39, 0.29) is 25.0 Å². The number of rotatable bonds is 12. The molecule has 0 saturated heterocycles. The summed E-state index contributed by atoms with van der Waals surface area (Å²) in [6.07, 6.45) is 10.7. The Labute approximate surface area is 265 Å². The largest absolute Gasteiger partial charge is 0.493 e. The number of hydrazone groups is 1. The van der Waals surface area contributed by atoms with Crippen LogP contribution in [-0.4, -0.2) is 38.4 Å². The summed E-state index contributed by atoms with van der Waals surface area (Å²) < 4.78 is 16.9. The van der Waals surface area contributed by atoms with Crippen LogP contribution in [0.15, 0.2) is 65.8 Å². The summed E-state index contributed by atoms with van der Waals surface area (Å²) in [5.74, 6) is 3.63. The van der Waals surface area contributed by atoms with Gasteiger partial charge in [0.15, 0.2) is 24.7 Å². The number of amides is 2. The monoisotopic (exact) mass is 609 g/mol. The second kappa shape index (κ2) is 13.3. The molecular formula is C37H43N3O5. The van der Waals surface area contributed by atoms with E-state index in [1.54, 1.807) is 18.2 Å². The molecule has 0 heterocycles. The number of hydrogen-bond acceptors (Lipinski definition) is 6. The van der Waals surface area contributed by atoms with Crippen molar-refractivity contribution in [1.82, 2.24) is 5.43 Å². The molecule has 3 aromatic rings. The van der Waals surface area contributed by atoms with Crippen molar-refractivity contribution in [2.24, 2.45) is 22.9 Å². The van der Waals surface area contributed by atoms with Gasteiger partial charge >= 0.3 is 0 Å². The molecule has 2 amide bonds. The van der Waals surface area contributed by atoms with E-state index in [1.165, 1.54) is 57.4 Å². The van der Waals surface area contributed by atoms with Crippen LogP contribution < -0.4 is 25.0 Å². The van der Waals surface area contributed by atoms with Crippen LogP contribution in [0.1, 0.15) is 67.7 Å². The first-order valence-electron chi connectivity index (χ1n) is 16.1. The maximum absolute atomic E-state index is 12.7. The van der Waals surface area contributed by atoms with Crippen LogP contribution in [0.5, 0.6) is 17.2 Å². The highest BCUT2D eigenvalue weighted by molar-refractivity contribution is 5.92. The zero-order valence-corrected chi connectivity index (χ0v) is 26.4. The predicted octanol–water partition coefficient (Wildman–Crippen LogP) is 6.58. The molecular weight excluding hydrogens is 566 g/mol. The van der Waals surface area contributed by atoms with Crippen molar-refractivity contribution in [2.45, 2.75) is 64.2 Å². The number of aryl methyl sites for hydroxylation is 2. The second-order valence-corrected chi connectivity index (χ2v) is 13.1. The first kappa shape index (κ1) is 30.7. The minimum Gasteiger partial charge on any atom is -0.493 e. The molecule has 4 aliphatic rings. The quantitative estimate of drug-likeness (QED) is 0.179. The first-order valence-corrected chi connectivity index (χ1v) is 16.1. The van der Waals surface area contributed by atoms with Gasteiger partial charge in [-0.1, -0.05) is 25.1 Å². The van der Waals surface area contributed by atoms with Gasteiger partial charge in [-0.15, -0.1) is 0 Å². The Morgan fingerprint density at radius 2 is 1.56 bits per heavy atom. The molecule has 4 saturated carbocycles. The molecule has 4 aliphatic carbocycles. The maximum Gasteiger partial charge on any atom is 0.277 e. The van der Waals surface area contributed by atoms with E-state index in [4.69, 9.17) is 14.2 Å². The molecule has 45 heavy (non-hydrogen) atoms. The van der Waals surface area contributed by atoms with Gasteiger partial charge in [0.25, 0.3) is 11.8 Å². The average Bonchev–Trinajstić information content (AvgIpc) is 3.02. The molecule has 236 valence electrons. The summed E-state index contributed by atoms with van der Waals surface area (Å²) >= 11 is 0. The number of methoxy groups -OCH3 is 1. The zero-order chi connectivity index (χ0) is 31.4. The van der Waals surface area contributed by atoms with Gasteiger partial charge in [0.05, 0.1) is 13.3 Å². The number of hydrogen-bond donors (Lipinski definition) is 2. The lowest BCUT2D eigenvalue weighted by molar-refractivity contribution is -0.123. The highest BCUT2D eigenvalue weighted by atomic mass is 16.5. The molecule has 8 nitrogen and oxygen atoms in total. The summed E-state index contributed by atoms with van der Waals surface area (Å²) in [6, 6.07) is 19.6. The van der Waals surface area contributed by atoms with E-state index in [0.717, 1.165) is 41.0 Å². The van der Waals surface area contributed by atoms with E-state index in [9.17, 15) is 9.59 Å². The van der Waals surface area contributed by atoms with Gasteiger partial charge in [-0.05, 0) is 140 Å². The van der Waals surface area contributed by atoms with Crippen LogP contribution in [0, 0.1) is 24.7 Å². The Morgan fingerprint density at radius 3 is 2.22 bits per heavy atom. The lowest BCUT2D eigenvalue weighted by Gasteiger charge is -2.57. The van der Waals surface area contributed by atoms with Crippen LogP contribution in [0.4, 0.5) is 5.69 Å². The van der Waals surface area contributed by atoms with Crippen LogP contribution in [0.2, 0.25) is 0 Å². The van der Waals surface area contributed by atoms with Crippen LogP contribution in [0.25, 0.3) is 0 Å². The average molecular weight is 610 g/mol. The van der Waals surface area contributed by atoms with Gasteiger partial charge in [0.2, 0.25) is 0 Å². The summed E-state index contributed by atoms with van der Waals surface area (Å²) in [6.45, 7) is 3.77. The molecule has 3 aromatic carbocycles. The minimum absolute atomic E-state index is 0.145. The lowest BCUT2D eigenvalue weighted by Crippen LogP contribution is -2.48. The fourth-order valence-electron chi connectivity index (χ4n) is 8.07. The summed E-state index contributed by atoms with van der Waals surface area (Å²) in [5, 5.41) is 6.98. The molecule has 2 N–H and O–H groups in total. The van der Waals surface area contributed by atoms with E-state index in [1.807, 2.05) is 31.2 Å². The Morgan fingerprint density at radius 1 is 0.867 bits per heavy atom. The van der Waals surface area contributed by atoms with Crippen molar-refractivity contribution in [3.8, 4) is 17.2 Å². The Kier molecular flexibility index (Phi) is 9.10. The molecule has 8 heteroatoms. The highest BCUT2D eigenvalue weighted by Crippen LogP contribution is 2.60. The van der Waals surface area contributed by atoms with Gasteiger partial charge < -0.3 is 19.5 Å². The third-order valence-corrected chi connectivity index (χ3v) is 9.66. The van der Waals surface area contributed by atoms with E-state index in [0.29, 0.717) is 28.2 Å². The van der Waals surface area contributed by atoms with Gasteiger partial charge in [0.1, 0.15) is 5.75 Å². The van der Waals surface area contributed by atoms with Gasteiger partial charge in [0, 0.05) is 5.69 Å². The first-order chi connectivity index (χ1) is 21.8. The summed E-state index contributed by atoms with van der Waals surface area (Å²) in [7, 11) is 1.53. The molecule has 0 aromatic heterocycles. The third kappa shape index (κ3) is 7.32. The molecule has 0 spiro atoms. The molecule has 7 rings (SSSR count). The number of carbonyl (C=O) groups excluding carboxylic acids is 2. The maximum atomic E-state index is 12.7. The van der Waals surface area contributed by atoms with E-state index < -0.39 is 0 Å². The zero-order valence-electron chi connectivity index (χ0n) is 26.4. The fourth-order valence-corrected chi connectivity index (χ4v) is 8.07. The standard InChI is InChI=1S/C37H43N3O5/c1-4-25-11-24(2)12-32(16-25)44-23-36(42)40-38-21-26-5-10-33(34(17-26)43-3)45-22-35(41)39-31-8-6-30(7-9-31)37-18-27-13-28(19-37)15-29(14-27)20-37/h5-12,16-17,21,27-29H,4,13-15,18-20,22-23H2,1-3H3,(H,39,41)(H,40,42)/b38-21+. The van der Waals surface area contributed by atoms with Crippen molar-refractivity contribution in [2.75, 3.05) is 25.6 Å². The normalized spacial score (nSPS) is 23.1. The Bertz CT molecular complexity index is 1530. The highest BCUT2D eigenvalue weighted by Gasteiger charge is 2.51. The molecule has 4 fully saturated rings. The number of nitrogens with zero attached hydrogens (tertiary/aromatic N) is 1. The minimum atomic E-state index is -0.369. The SMILES string of the molecule is CCc1cc(C)cc(OCC(=O)N/N=C/c2ccc(OCC(=O)Nc3ccc(C45CC6CC(CC(C6)C4)C5)cc3)c(OC)c2)c1. The second-order valence-electron chi connectivity index (χ2n) is 13.1. The number of anilines is 1. The molecule has 4 bridgehead atoms. The van der Waals surface area contributed by atoms with Crippen LogP contribution >= 0.6 is 0 Å². The van der Waals surface area contributed by atoms with E-state index in [2.05, 4.69) is 41.0 Å². The van der Waals surface area contributed by atoms with E-state index >= 15 is 0 Å². The molecule has 0 radical (unpaired) electrons. The lowest BCUT2D eigenvalue weighted by atomic mass is 9.48. The van der Waals surface area contributed by atoms with Crippen LogP contribution in [-0.2, 0) is 21.4 Å². The third-order valence-electron chi connectivity index (χ3n) is 9.66. The van der Waals surface area contributed by atoms with Crippen LogP contribution in [0.3, 0.4) is 0 Å². The summed E-state index contributed by atoms with van der Waals surface area (Å²) in [4.78, 5) is 24.9. The number of carbonyl (C=O) groups is 2. The smallest absolute Gasteiger partial charge is 0.277 e. The van der Waals surface area contributed by atoms with Crippen molar-refractivity contribution < 1.29 is 23.8 Å². The van der Waals surface area contributed by atoms with Gasteiger partial charge in [-0.3, -0.25) is 9.59 Å². The molecule has 0 unspecified atom stereocenters.